The molecule has 7 heteroatoms. The molecule has 0 aliphatic carbocycles. The van der Waals surface area contributed by atoms with Gasteiger partial charge in [0.1, 0.15) is 11.9 Å². The Bertz CT molecular complexity index is 468. The van der Waals surface area contributed by atoms with Crippen molar-refractivity contribution in [1.82, 2.24) is 10.6 Å². The maximum absolute atomic E-state index is 13.4. The molecule has 0 bridgehead atoms. The van der Waals surface area contributed by atoms with Gasteiger partial charge in [-0.15, -0.1) is 0 Å². The minimum Gasteiger partial charge on any atom is -0.480 e. The van der Waals surface area contributed by atoms with Crippen molar-refractivity contribution >= 4 is 23.6 Å². The average Bonchev–Trinajstić information content (AvgIpc) is 2.31. The highest BCUT2D eigenvalue weighted by atomic mass is 35.5. The summed E-state index contributed by atoms with van der Waals surface area (Å²) in [6.45, 7) is 1.24. The lowest BCUT2D eigenvalue weighted by Crippen LogP contribution is -2.44. The Morgan fingerprint density at radius 2 is 2.17 bits per heavy atom. The van der Waals surface area contributed by atoms with E-state index in [0.717, 1.165) is 0 Å². The smallest absolute Gasteiger partial charge is 0.325 e. The van der Waals surface area contributed by atoms with Gasteiger partial charge < -0.3 is 15.7 Å². The standard InChI is InChI=1S/C11H12ClFN2O3/c1-6(10(16)17)15-11(18)14-5-7-3-2-4-8(12)9(7)13/h2-4,6H,5H2,1H3,(H,16,17)(H2,14,15,18). The molecule has 0 fully saturated rings. The highest BCUT2D eigenvalue weighted by Gasteiger charge is 2.14. The fraction of sp³-hybridized carbons (Fsp3) is 0.273. The van der Waals surface area contributed by atoms with E-state index in [2.05, 4.69) is 10.6 Å². The van der Waals surface area contributed by atoms with Gasteiger partial charge in [0.2, 0.25) is 0 Å². The normalized spacial score (nSPS) is 11.7. The highest BCUT2D eigenvalue weighted by molar-refractivity contribution is 6.30. The molecule has 0 aliphatic heterocycles. The number of urea groups is 1. The summed E-state index contributed by atoms with van der Waals surface area (Å²) in [5, 5.41) is 13.1. The van der Waals surface area contributed by atoms with E-state index < -0.39 is 23.9 Å². The predicted molar refractivity (Wildman–Crippen MR) is 63.9 cm³/mol. The van der Waals surface area contributed by atoms with E-state index >= 15 is 0 Å². The van der Waals surface area contributed by atoms with Crippen molar-refractivity contribution in [3.05, 3.63) is 34.6 Å². The van der Waals surface area contributed by atoms with Crippen molar-refractivity contribution in [2.24, 2.45) is 0 Å². The van der Waals surface area contributed by atoms with Crippen LogP contribution in [-0.2, 0) is 11.3 Å². The lowest BCUT2D eigenvalue weighted by Gasteiger charge is -2.11. The van der Waals surface area contributed by atoms with Gasteiger partial charge in [-0.2, -0.15) is 0 Å². The molecule has 1 unspecified atom stereocenters. The number of benzene rings is 1. The van der Waals surface area contributed by atoms with Crippen molar-refractivity contribution in [2.75, 3.05) is 0 Å². The van der Waals surface area contributed by atoms with Crippen molar-refractivity contribution in [1.29, 1.82) is 0 Å². The van der Waals surface area contributed by atoms with Crippen LogP contribution in [0.5, 0.6) is 0 Å². The number of hydrogen-bond acceptors (Lipinski definition) is 2. The van der Waals surface area contributed by atoms with Crippen LogP contribution < -0.4 is 10.6 Å². The molecule has 0 aromatic heterocycles. The summed E-state index contributed by atoms with van der Waals surface area (Å²) in [4.78, 5) is 21.8. The number of hydrogen-bond donors (Lipinski definition) is 3. The van der Waals surface area contributed by atoms with Crippen LogP contribution in [0.3, 0.4) is 0 Å². The Hall–Kier alpha value is -1.82. The lowest BCUT2D eigenvalue weighted by molar-refractivity contribution is -0.138. The van der Waals surface area contributed by atoms with Gasteiger partial charge in [-0.1, -0.05) is 23.7 Å². The summed E-state index contributed by atoms with van der Waals surface area (Å²) >= 11 is 5.57. The second-order valence-electron chi connectivity index (χ2n) is 3.60. The molecule has 5 nitrogen and oxygen atoms in total. The van der Waals surface area contributed by atoms with E-state index in [4.69, 9.17) is 16.7 Å². The SMILES string of the molecule is CC(NC(=O)NCc1cccc(Cl)c1F)C(=O)O. The molecule has 0 saturated heterocycles. The molecule has 1 aromatic carbocycles. The monoisotopic (exact) mass is 274 g/mol. The number of carbonyl (C=O) groups is 2. The van der Waals surface area contributed by atoms with Crippen LogP contribution >= 0.6 is 11.6 Å². The van der Waals surface area contributed by atoms with Gasteiger partial charge in [-0.3, -0.25) is 4.79 Å². The van der Waals surface area contributed by atoms with Gasteiger partial charge in [0, 0.05) is 12.1 Å². The molecule has 1 rings (SSSR count). The lowest BCUT2D eigenvalue weighted by atomic mass is 10.2. The molecule has 3 N–H and O–H groups in total. The third kappa shape index (κ3) is 3.89. The molecule has 0 radical (unpaired) electrons. The second-order valence-corrected chi connectivity index (χ2v) is 4.01. The molecule has 18 heavy (non-hydrogen) atoms. The summed E-state index contributed by atoms with van der Waals surface area (Å²) in [6.07, 6.45) is 0. The first-order valence-corrected chi connectivity index (χ1v) is 5.49. The zero-order chi connectivity index (χ0) is 13.7. The first kappa shape index (κ1) is 14.2. The number of amides is 2. The van der Waals surface area contributed by atoms with Gasteiger partial charge in [0.25, 0.3) is 0 Å². The fourth-order valence-electron chi connectivity index (χ4n) is 1.17. The maximum Gasteiger partial charge on any atom is 0.325 e. The molecule has 0 spiro atoms. The molecular formula is C11H12ClFN2O3. The third-order valence-electron chi connectivity index (χ3n) is 2.19. The van der Waals surface area contributed by atoms with Crippen LogP contribution in [0.15, 0.2) is 18.2 Å². The highest BCUT2D eigenvalue weighted by Crippen LogP contribution is 2.17. The van der Waals surface area contributed by atoms with E-state index in [-0.39, 0.29) is 17.1 Å². The van der Waals surface area contributed by atoms with E-state index in [1.165, 1.54) is 19.1 Å². The summed E-state index contributed by atoms with van der Waals surface area (Å²) in [7, 11) is 0. The van der Waals surface area contributed by atoms with Crippen LogP contribution in [0.1, 0.15) is 12.5 Å². The first-order valence-electron chi connectivity index (χ1n) is 5.12. The average molecular weight is 275 g/mol. The summed E-state index contributed by atoms with van der Waals surface area (Å²) in [5.74, 6) is -1.76. The Labute approximate surface area is 108 Å². The number of carboxylic acid groups (broad SMARTS) is 1. The topological polar surface area (TPSA) is 78.4 Å². The van der Waals surface area contributed by atoms with Crippen molar-refractivity contribution in [2.45, 2.75) is 19.5 Å². The molecule has 1 aromatic rings. The van der Waals surface area contributed by atoms with Crippen LogP contribution in [0.4, 0.5) is 9.18 Å². The molecule has 98 valence electrons. The maximum atomic E-state index is 13.4. The minimum absolute atomic E-state index is 0.0337. The third-order valence-corrected chi connectivity index (χ3v) is 2.48. The number of nitrogens with one attached hydrogen (secondary N) is 2. The molecule has 0 saturated carbocycles. The van der Waals surface area contributed by atoms with Crippen LogP contribution in [0.2, 0.25) is 5.02 Å². The summed E-state index contributed by atoms with van der Waals surface area (Å²) in [5.41, 5.74) is 0.223. The molecular weight excluding hydrogens is 263 g/mol. The van der Waals surface area contributed by atoms with E-state index in [1.54, 1.807) is 6.07 Å². The second kappa shape index (κ2) is 6.20. The first-order chi connectivity index (χ1) is 8.41. The zero-order valence-electron chi connectivity index (χ0n) is 9.54. The fourth-order valence-corrected chi connectivity index (χ4v) is 1.36. The molecule has 2 amide bonds. The van der Waals surface area contributed by atoms with Crippen LogP contribution in [-0.4, -0.2) is 23.1 Å². The van der Waals surface area contributed by atoms with Gasteiger partial charge in [0.15, 0.2) is 0 Å². The number of carboxylic acids is 1. The Balaban J connectivity index is 2.53. The Kier molecular flexibility index (Phi) is 4.91. The van der Waals surface area contributed by atoms with Crippen molar-refractivity contribution in [3.63, 3.8) is 0 Å². The van der Waals surface area contributed by atoms with E-state index in [9.17, 15) is 14.0 Å². The Morgan fingerprint density at radius 1 is 1.50 bits per heavy atom. The zero-order valence-corrected chi connectivity index (χ0v) is 10.3. The van der Waals surface area contributed by atoms with Gasteiger partial charge in [-0.25, -0.2) is 9.18 Å². The predicted octanol–water partition coefficient (Wildman–Crippen LogP) is 1.75. The Morgan fingerprint density at radius 3 is 2.78 bits per heavy atom. The molecule has 0 heterocycles. The van der Waals surface area contributed by atoms with Crippen molar-refractivity contribution in [3.8, 4) is 0 Å². The largest absolute Gasteiger partial charge is 0.480 e. The summed E-state index contributed by atoms with van der Waals surface area (Å²) in [6, 6.07) is 2.72. The number of rotatable bonds is 4. The molecule has 0 aliphatic rings. The van der Waals surface area contributed by atoms with Crippen molar-refractivity contribution < 1.29 is 19.1 Å². The number of aliphatic carboxylic acids is 1. The summed E-state index contributed by atoms with van der Waals surface area (Å²) < 4.78 is 13.4. The van der Waals surface area contributed by atoms with Gasteiger partial charge in [-0.05, 0) is 13.0 Å². The van der Waals surface area contributed by atoms with E-state index in [0.29, 0.717) is 0 Å². The van der Waals surface area contributed by atoms with E-state index in [1.807, 2.05) is 0 Å². The quantitative estimate of drug-likeness (QED) is 0.783. The van der Waals surface area contributed by atoms with Gasteiger partial charge in [0.05, 0.1) is 5.02 Å². The minimum atomic E-state index is -1.15. The number of carbonyl (C=O) groups excluding carboxylic acids is 1. The van der Waals surface area contributed by atoms with Crippen LogP contribution in [0, 0.1) is 5.82 Å². The molecule has 1 atom stereocenters. The number of halogens is 2. The van der Waals surface area contributed by atoms with Gasteiger partial charge >= 0.3 is 12.0 Å². The van der Waals surface area contributed by atoms with Crippen LogP contribution in [0.25, 0.3) is 0 Å².